The molecule has 112 valence electrons. The minimum atomic E-state index is -0.587. The van der Waals surface area contributed by atoms with Gasteiger partial charge in [-0.2, -0.15) is 0 Å². The largest absolute Gasteiger partial charge is 0.468 e. The van der Waals surface area contributed by atoms with Crippen molar-refractivity contribution in [1.82, 2.24) is 10.2 Å². The zero-order valence-corrected chi connectivity index (χ0v) is 12.9. The van der Waals surface area contributed by atoms with Gasteiger partial charge in [-0.05, 0) is 47.2 Å². The first-order valence-electron chi connectivity index (χ1n) is 7.06. The van der Waals surface area contributed by atoms with E-state index in [9.17, 15) is 4.79 Å². The Kier molecular flexibility index (Phi) is 6.23. The summed E-state index contributed by atoms with van der Waals surface area (Å²) in [5.74, 6) is -0.196. The Bertz CT molecular complexity index is 298. The van der Waals surface area contributed by atoms with E-state index in [1.54, 1.807) is 7.05 Å². The number of hydrogen-bond acceptors (Lipinski definition) is 5. The lowest BCUT2D eigenvalue weighted by molar-refractivity contribution is -0.148. The van der Waals surface area contributed by atoms with Gasteiger partial charge in [-0.25, -0.2) is 0 Å². The molecular formula is C14H28N2O3. The molecule has 3 unspecified atom stereocenters. The van der Waals surface area contributed by atoms with E-state index in [0.29, 0.717) is 12.1 Å². The Morgan fingerprint density at radius 3 is 2.79 bits per heavy atom. The lowest BCUT2D eigenvalue weighted by atomic mass is 9.95. The highest BCUT2D eigenvalue weighted by atomic mass is 16.5. The highest BCUT2D eigenvalue weighted by molar-refractivity contribution is 5.80. The van der Waals surface area contributed by atoms with Crippen LogP contribution in [-0.4, -0.2) is 62.4 Å². The maximum Gasteiger partial charge on any atom is 0.325 e. The molecule has 1 aliphatic heterocycles. The number of carbonyl (C=O) groups is 1. The van der Waals surface area contributed by atoms with E-state index in [-0.39, 0.29) is 5.97 Å². The fourth-order valence-electron chi connectivity index (χ4n) is 2.47. The molecule has 1 fully saturated rings. The molecule has 5 nitrogen and oxygen atoms in total. The van der Waals surface area contributed by atoms with Gasteiger partial charge in [-0.1, -0.05) is 0 Å². The van der Waals surface area contributed by atoms with Crippen molar-refractivity contribution < 1.29 is 14.3 Å². The van der Waals surface area contributed by atoms with Crippen molar-refractivity contribution in [3.63, 3.8) is 0 Å². The molecule has 3 atom stereocenters. The third-order valence-corrected chi connectivity index (χ3v) is 4.05. The predicted octanol–water partition coefficient (Wildman–Crippen LogP) is 1.03. The first kappa shape index (κ1) is 16.4. The van der Waals surface area contributed by atoms with Gasteiger partial charge in [-0.15, -0.1) is 0 Å². The van der Waals surface area contributed by atoms with Crippen LogP contribution < -0.4 is 5.32 Å². The van der Waals surface area contributed by atoms with Crippen LogP contribution in [0.5, 0.6) is 0 Å². The van der Waals surface area contributed by atoms with Gasteiger partial charge in [0.15, 0.2) is 0 Å². The van der Waals surface area contributed by atoms with E-state index in [1.807, 2.05) is 6.92 Å². The van der Waals surface area contributed by atoms with Crippen LogP contribution in [0.25, 0.3) is 0 Å². The van der Waals surface area contributed by atoms with E-state index in [1.165, 1.54) is 7.11 Å². The molecule has 19 heavy (non-hydrogen) atoms. The number of morpholine rings is 1. The molecule has 1 aliphatic rings. The summed E-state index contributed by atoms with van der Waals surface area (Å²) >= 11 is 0. The van der Waals surface area contributed by atoms with Crippen LogP contribution in [-0.2, 0) is 14.3 Å². The minimum Gasteiger partial charge on any atom is -0.468 e. The minimum absolute atomic E-state index is 0.196. The molecule has 0 radical (unpaired) electrons. The number of nitrogens with zero attached hydrogens (tertiary/aromatic N) is 1. The van der Waals surface area contributed by atoms with Crippen molar-refractivity contribution in [1.29, 1.82) is 0 Å². The number of esters is 1. The average molecular weight is 272 g/mol. The zero-order valence-electron chi connectivity index (χ0n) is 12.9. The molecule has 0 aromatic rings. The maximum atomic E-state index is 11.7. The third-order valence-electron chi connectivity index (χ3n) is 4.05. The van der Waals surface area contributed by atoms with Crippen molar-refractivity contribution in [2.24, 2.45) is 0 Å². The number of nitrogens with one attached hydrogen (secondary N) is 1. The van der Waals surface area contributed by atoms with Crippen LogP contribution in [0.3, 0.4) is 0 Å². The Morgan fingerprint density at radius 1 is 1.53 bits per heavy atom. The van der Waals surface area contributed by atoms with Crippen molar-refractivity contribution in [3.8, 4) is 0 Å². The molecule has 0 amide bonds. The fourth-order valence-corrected chi connectivity index (χ4v) is 2.47. The smallest absolute Gasteiger partial charge is 0.325 e. The van der Waals surface area contributed by atoms with E-state index in [0.717, 1.165) is 32.5 Å². The van der Waals surface area contributed by atoms with E-state index < -0.39 is 5.54 Å². The van der Waals surface area contributed by atoms with Gasteiger partial charge < -0.3 is 14.8 Å². The molecule has 1 saturated heterocycles. The lowest BCUT2D eigenvalue weighted by Gasteiger charge is -2.37. The van der Waals surface area contributed by atoms with Gasteiger partial charge in [-0.3, -0.25) is 9.69 Å². The van der Waals surface area contributed by atoms with E-state index in [2.05, 4.69) is 24.1 Å². The van der Waals surface area contributed by atoms with Gasteiger partial charge in [0.05, 0.1) is 19.8 Å². The van der Waals surface area contributed by atoms with Crippen molar-refractivity contribution in [2.75, 3.05) is 33.9 Å². The van der Waals surface area contributed by atoms with Crippen molar-refractivity contribution in [2.45, 2.75) is 51.3 Å². The number of likely N-dealkylation sites (N-methyl/N-ethyl adjacent to an activating group) is 1. The van der Waals surface area contributed by atoms with Crippen LogP contribution in [0.15, 0.2) is 0 Å². The molecule has 0 bridgehead atoms. The highest BCUT2D eigenvalue weighted by Crippen LogP contribution is 2.17. The molecule has 0 aromatic carbocycles. The van der Waals surface area contributed by atoms with Crippen molar-refractivity contribution in [3.05, 3.63) is 0 Å². The van der Waals surface area contributed by atoms with Crippen LogP contribution in [0.2, 0.25) is 0 Å². The lowest BCUT2D eigenvalue weighted by Crippen LogP contribution is -2.50. The Balaban J connectivity index is 2.41. The predicted molar refractivity (Wildman–Crippen MR) is 75.2 cm³/mol. The highest BCUT2D eigenvalue weighted by Gasteiger charge is 2.32. The summed E-state index contributed by atoms with van der Waals surface area (Å²) in [6.45, 7) is 8.93. The summed E-state index contributed by atoms with van der Waals surface area (Å²) in [5, 5.41) is 3.07. The van der Waals surface area contributed by atoms with Gasteiger partial charge in [0.25, 0.3) is 0 Å². The Labute approximate surface area is 116 Å². The van der Waals surface area contributed by atoms with Gasteiger partial charge in [0.2, 0.25) is 0 Å². The third kappa shape index (κ3) is 4.44. The summed E-state index contributed by atoms with van der Waals surface area (Å²) in [6, 6.07) is 0.454. The van der Waals surface area contributed by atoms with Crippen LogP contribution >= 0.6 is 0 Å². The number of methoxy groups -OCH3 is 1. The summed E-state index contributed by atoms with van der Waals surface area (Å²) in [6.07, 6.45) is 2.03. The normalized spacial score (nSPS) is 27.8. The number of ether oxygens (including phenoxy) is 2. The number of hydrogen-bond donors (Lipinski definition) is 1. The van der Waals surface area contributed by atoms with Gasteiger partial charge in [0.1, 0.15) is 5.54 Å². The maximum absolute atomic E-state index is 11.7. The number of rotatable bonds is 6. The summed E-state index contributed by atoms with van der Waals surface area (Å²) in [4.78, 5) is 14.2. The zero-order chi connectivity index (χ0) is 14.5. The summed E-state index contributed by atoms with van der Waals surface area (Å²) < 4.78 is 10.5. The molecule has 1 heterocycles. The molecular weight excluding hydrogens is 244 g/mol. The SMILES string of the molecule is CNC(C)(CCCN1CC(C)OCC1C)C(=O)OC. The molecule has 0 spiro atoms. The first-order chi connectivity index (χ1) is 8.92. The molecule has 0 aromatic heterocycles. The average Bonchev–Trinajstić information content (AvgIpc) is 2.41. The molecule has 5 heteroatoms. The molecule has 0 saturated carbocycles. The van der Waals surface area contributed by atoms with Crippen LogP contribution in [0, 0.1) is 0 Å². The molecule has 1 rings (SSSR count). The van der Waals surface area contributed by atoms with Crippen LogP contribution in [0.1, 0.15) is 33.6 Å². The topological polar surface area (TPSA) is 50.8 Å². The molecule has 1 N–H and O–H groups in total. The van der Waals surface area contributed by atoms with Crippen LogP contribution in [0.4, 0.5) is 0 Å². The van der Waals surface area contributed by atoms with E-state index in [4.69, 9.17) is 9.47 Å². The van der Waals surface area contributed by atoms with Gasteiger partial charge >= 0.3 is 5.97 Å². The quantitative estimate of drug-likeness (QED) is 0.732. The Hall–Kier alpha value is -0.650. The fraction of sp³-hybridized carbons (Fsp3) is 0.929. The summed E-state index contributed by atoms with van der Waals surface area (Å²) in [5.41, 5.74) is -0.587. The second-order valence-electron chi connectivity index (χ2n) is 5.67. The first-order valence-corrected chi connectivity index (χ1v) is 7.06. The second kappa shape index (κ2) is 7.22. The molecule has 0 aliphatic carbocycles. The second-order valence-corrected chi connectivity index (χ2v) is 5.67. The number of carbonyl (C=O) groups excluding carboxylic acids is 1. The van der Waals surface area contributed by atoms with Crippen molar-refractivity contribution >= 4 is 5.97 Å². The van der Waals surface area contributed by atoms with E-state index >= 15 is 0 Å². The Morgan fingerprint density at radius 2 is 2.21 bits per heavy atom. The monoisotopic (exact) mass is 272 g/mol. The standard InChI is InChI=1S/C14H28N2O3/c1-11-10-19-12(2)9-16(11)8-6-7-14(3,15-4)13(17)18-5/h11-12,15H,6-10H2,1-5H3. The summed E-state index contributed by atoms with van der Waals surface area (Å²) in [7, 11) is 3.24. The van der Waals surface area contributed by atoms with Gasteiger partial charge in [0, 0.05) is 12.6 Å².